The van der Waals surface area contributed by atoms with Crippen molar-refractivity contribution in [2.75, 3.05) is 47.5 Å². The lowest BCUT2D eigenvalue weighted by atomic mass is 10.0. The summed E-state index contributed by atoms with van der Waals surface area (Å²) < 4.78 is 16.2. The molecule has 1 heterocycles. The number of likely N-dealkylation sites (tertiary alicyclic amines) is 1. The van der Waals surface area contributed by atoms with Gasteiger partial charge in [0.25, 0.3) is 5.91 Å². The summed E-state index contributed by atoms with van der Waals surface area (Å²) in [5.41, 5.74) is 1.54. The summed E-state index contributed by atoms with van der Waals surface area (Å²) in [6.45, 7) is 5.00. The maximum atomic E-state index is 12.9. The largest absolute Gasteiger partial charge is 0.496 e. The van der Waals surface area contributed by atoms with Crippen LogP contribution in [0.15, 0.2) is 42.5 Å². The van der Waals surface area contributed by atoms with Gasteiger partial charge in [0, 0.05) is 42.9 Å². The zero-order valence-electron chi connectivity index (χ0n) is 21.2. The molecule has 0 aliphatic carbocycles. The highest BCUT2D eigenvalue weighted by atomic mass is 16.5. The Balaban J connectivity index is 1.56. The number of nitrogens with zero attached hydrogens (tertiary/aromatic N) is 2. The molecule has 190 valence electrons. The topological polar surface area (TPSA) is 80.3 Å². The maximum Gasteiger partial charge on any atom is 0.253 e. The van der Waals surface area contributed by atoms with Crippen LogP contribution >= 0.6 is 0 Å². The molecular formula is C27H37N3O5. The molecule has 1 fully saturated rings. The molecule has 1 saturated heterocycles. The molecule has 2 aromatic rings. The van der Waals surface area contributed by atoms with Gasteiger partial charge in [0.1, 0.15) is 5.75 Å². The second kappa shape index (κ2) is 13.0. The van der Waals surface area contributed by atoms with E-state index in [-0.39, 0.29) is 17.9 Å². The molecule has 1 N–H and O–H groups in total. The second-order valence-corrected chi connectivity index (χ2v) is 8.66. The lowest BCUT2D eigenvalue weighted by Gasteiger charge is -2.38. The monoisotopic (exact) mass is 483 g/mol. The number of hydrogen-bond acceptors (Lipinski definition) is 6. The molecule has 0 saturated carbocycles. The van der Waals surface area contributed by atoms with Crippen molar-refractivity contribution in [1.29, 1.82) is 0 Å². The van der Waals surface area contributed by atoms with Gasteiger partial charge in [-0.25, -0.2) is 0 Å². The van der Waals surface area contributed by atoms with Crippen molar-refractivity contribution in [3.05, 3.63) is 53.6 Å². The molecule has 0 radical (unpaired) electrons. The summed E-state index contributed by atoms with van der Waals surface area (Å²) in [6, 6.07) is 13.3. The second-order valence-electron chi connectivity index (χ2n) is 8.66. The normalized spacial score (nSPS) is 14.0. The molecule has 8 nitrogen and oxygen atoms in total. The Bertz CT molecular complexity index is 974. The van der Waals surface area contributed by atoms with Crippen LogP contribution < -0.4 is 19.5 Å². The van der Waals surface area contributed by atoms with E-state index in [2.05, 4.69) is 17.1 Å². The third-order valence-corrected chi connectivity index (χ3v) is 6.41. The quantitative estimate of drug-likeness (QED) is 0.528. The van der Waals surface area contributed by atoms with Crippen LogP contribution in [0.2, 0.25) is 0 Å². The number of benzene rings is 2. The lowest BCUT2D eigenvalue weighted by Crippen LogP contribution is -2.49. The summed E-state index contributed by atoms with van der Waals surface area (Å²) in [6.07, 6.45) is 2.67. The number of nitrogens with one attached hydrogen (secondary N) is 1. The number of amides is 2. The third kappa shape index (κ3) is 6.88. The first-order valence-electron chi connectivity index (χ1n) is 12.1. The van der Waals surface area contributed by atoms with E-state index in [0.29, 0.717) is 43.4 Å². The minimum atomic E-state index is -0.0434. The Hall–Kier alpha value is -3.26. The van der Waals surface area contributed by atoms with Crippen molar-refractivity contribution >= 4 is 11.8 Å². The van der Waals surface area contributed by atoms with Crippen molar-refractivity contribution in [2.24, 2.45) is 0 Å². The van der Waals surface area contributed by atoms with Crippen LogP contribution in [0.25, 0.3) is 0 Å². The average Bonchev–Trinajstić information content (AvgIpc) is 2.91. The van der Waals surface area contributed by atoms with Crippen molar-refractivity contribution < 1.29 is 23.8 Å². The molecule has 0 unspecified atom stereocenters. The molecular weight excluding hydrogens is 446 g/mol. The van der Waals surface area contributed by atoms with Gasteiger partial charge in [-0.1, -0.05) is 25.1 Å². The van der Waals surface area contributed by atoms with Crippen molar-refractivity contribution in [2.45, 2.75) is 38.8 Å². The van der Waals surface area contributed by atoms with Crippen molar-refractivity contribution in [3.63, 3.8) is 0 Å². The Morgan fingerprint density at radius 3 is 2.20 bits per heavy atom. The van der Waals surface area contributed by atoms with Gasteiger partial charge in [-0.2, -0.15) is 0 Å². The first kappa shape index (κ1) is 26.3. The number of carbonyl (C=O) groups is 2. The van der Waals surface area contributed by atoms with Crippen LogP contribution in [0.4, 0.5) is 0 Å². The average molecular weight is 484 g/mol. The molecule has 0 spiro atoms. The highest BCUT2D eigenvalue weighted by Crippen LogP contribution is 2.34. The van der Waals surface area contributed by atoms with Gasteiger partial charge in [-0.3, -0.25) is 14.5 Å². The standard InChI is InChI=1S/C27H37N3O5/c1-5-13-30(22-11-14-29(15-12-22)27(32)20-9-7-6-8-10-20)19-26(31)28-18-21-16-24(34-3)25(35-4)17-23(21)33-2/h6-10,16-17,22H,5,11-15,18-19H2,1-4H3,(H,28,31). The summed E-state index contributed by atoms with van der Waals surface area (Å²) in [4.78, 5) is 29.8. The number of carbonyl (C=O) groups excluding carboxylic acids is 2. The number of hydrogen-bond donors (Lipinski definition) is 1. The van der Waals surface area contributed by atoms with Crippen LogP contribution in [0.1, 0.15) is 42.1 Å². The van der Waals surface area contributed by atoms with Crippen LogP contribution in [0, 0.1) is 0 Å². The molecule has 35 heavy (non-hydrogen) atoms. The van der Waals surface area contributed by atoms with Crippen molar-refractivity contribution in [3.8, 4) is 17.2 Å². The van der Waals surface area contributed by atoms with Crippen molar-refractivity contribution in [1.82, 2.24) is 15.1 Å². The van der Waals surface area contributed by atoms with Gasteiger partial charge in [0.15, 0.2) is 11.5 Å². The molecule has 1 aliphatic heterocycles. The Morgan fingerprint density at radius 2 is 1.60 bits per heavy atom. The van der Waals surface area contributed by atoms with Gasteiger partial charge in [0.2, 0.25) is 5.91 Å². The minimum Gasteiger partial charge on any atom is -0.496 e. The van der Waals surface area contributed by atoms with E-state index in [1.54, 1.807) is 27.4 Å². The first-order valence-corrected chi connectivity index (χ1v) is 12.1. The summed E-state index contributed by atoms with van der Waals surface area (Å²) in [5, 5.41) is 3.02. The van der Waals surface area contributed by atoms with E-state index in [4.69, 9.17) is 14.2 Å². The minimum absolute atomic E-state index is 0.0434. The summed E-state index contributed by atoms with van der Waals surface area (Å²) >= 11 is 0. The van der Waals surface area contributed by atoms with Gasteiger partial charge >= 0.3 is 0 Å². The predicted octanol–water partition coefficient (Wildman–Crippen LogP) is 3.35. The molecule has 3 rings (SSSR count). The fraction of sp³-hybridized carbons (Fsp3) is 0.481. The molecule has 8 heteroatoms. The van der Waals surface area contributed by atoms with E-state index in [1.165, 1.54) is 0 Å². The number of ether oxygens (including phenoxy) is 3. The molecule has 0 aromatic heterocycles. The fourth-order valence-electron chi connectivity index (χ4n) is 4.54. The number of piperidine rings is 1. The Labute approximate surface area is 208 Å². The highest BCUT2D eigenvalue weighted by Gasteiger charge is 2.28. The predicted molar refractivity (Wildman–Crippen MR) is 135 cm³/mol. The first-order chi connectivity index (χ1) is 17.0. The molecule has 0 bridgehead atoms. The van der Waals surface area contributed by atoms with E-state index in [0.717, 1.165) is 36.9 Å². The van der Waals surface area contributed by atoms with Gasteiger partial charge in [-0.05, 0) is 44.0 Å². The molecule has 0 atom stereocenters. The van der Waals surface area contributed by atoms with Crippen LogP contribution in [0.3, 0.4) is 0 Å². The maximum absolute atomic E-state index is 12.9. The van der Waals surface area contributed by atoms with E-state index >= 15 is 0 Å². The summed E-state index contributed by atoms with van der Waals surface area (Å²) in [5.74, 6) is 1.82. The number of methoxy groups -OCH3 is 3. The van der Waals surface area contributed by atoms with E-state index in [1.807, 2.05) is 41.3 Å². The molecule has 2 aromatic carbocycles. The SMILES string of the molecule is CCCN(CC(=O)NCc1cc(OC)c(OC)cc1OC)C1CCN(C(=O)c2ccccc2)CC1. The third-order valence-electron chi connectivity index (χ3n) is 6.41. The van der Waals surface area contributed by atoms with Crippen LogP contribution in [-0.2, 0) is 11.3 Å². The van der Waals surface area contributed by atoms with E-state index < -0.39 is 0 Å². The molecule has 1 aliphatic rings. The van der Waals surface area contributed by atoms with Crippen LogP contribution in [0.5, 0.6) is 17.2 Å². The van der Waals surface area contributed by atoms with Crippen LogP contribution in [-0.4, -0.2) is 75.2 Å². The molecule has 2 amide bonds. The van der Waals surface area contributed by atoms with Gasteiger partial charge in [0.05, 0.1) is 27.9 Å². The number of rotatable bonds is 11. The smallest absolute Gasteiger partial charge is 0.253 e. The zero-order chi connectivity index (χ0) is 25.2. The van der Waals surface area contributed by atoms with E-state index in [9.17, 15) is 9.59 Å². The Kier molecular flexibility index (Phi) is 9.78. The fourth-order valence-corrected chi connectivity index (χ4v) is 4.54. The Morgan fingerprint density at radius 1 is 0.971 bits per heavy atom. The highest BCUT2D eigenvalue weighted by molar-refractivity contribution is 5.94. The zero-order valence-corrected chi connectivity index (χ0v) is 21.2. The summed E-state index contributed by atoms with van der Waals surface area (Å²) in [7, 11) is 4.74. The lowest BCUT2D eigenvalue weighted by molar-refractivity contribution is -0.123. The van der Waals surface area contributed by atoms with Gasteiger partial charge < -0.3 is 24.4 Å². The van der Waals surface area contributed by atoms with Gasteiger partial charge in [-0.15, -0.1) is 0 Å².